The van der Waals surface area contributed by atoms with Crippen molar-refractivity contribution in [1.29, 1.82) is 0 Å². The predicted octanol–water partition coefficient (Wildman–Crippen LogP) is 2.96. The van der Waals surface area contributed by atoms with Gasteiger partial charge in [0.15, 0.2) is 0 Å². The van der Waals surface area contributed by atoms with E-state index in [2.05, 4.69) is 27.7 Å². The summed E-state index contributed by atoms with van der Waals surface area (Å²) in [5.74, 6) is -0.534. The van der Waals surface area contributed by atoms with Gasteiger partial charge in [0, 0.05) is 25.2 Å². The summed E-state index contributed by atoms with van der Waals surface area (Å²) < 4.78 is 24.2. The molecule has 0 amide bonds. The zero-order chi connectivity index (χ0) is 21.8. The van der Waals surface area contributed by atoms with Gasteiger partial charge in [0.25, 0.3) is 0 Å². The fourth-order valence-corrected chi connectivity index (χ4v) is 6.28. The van der Waals surface area contributed by atoms with E-state index < -0.39 is 17.4 Å². The van der Waals surface area contributed by atoms with Gasteiger partial charge in [-0.15, -0.1) is 0 Å². The molecule has 3 aliphatic rings. The van der Waals surface area contributed by atoms with E-state index >= 15 is 0 Å². The van der Waals surface area contributed by atoms with Gasteiger partial charge in [-0.25, -0.2) is 0 Å². The zero-order valence-corrected chi connectivity index (χ0v) is 19.1. The van der Waals surface area contributed by atoms with Crippen LogP contribution >= 0.6 is 0 Å². The summed E-state index contributed by atoms with van der Waals surface area (Å²) in [7, 11) is 3.85. The highest BCUT2D eigenvalue weighted by molar-refractivity contribution is 5.66. The Kier molecular flexibility index (Phi) is 5.82. The second-order valence-electron chi connectivity index (χ2n) is 10.3. The van der Waals surface area contributed by atoms with Crippen LogP contribution in [0.3, 0.4) is 0 Å². The third-order valence-corrected chi connectivity index (χ3v) is 7.79. The van der Waals surface area contributed by atoms with Gasteiger partial charge < -0.3 is 18.9 Å². The number of carbonyl (C=O) groups excluding carboxylic acids is 2. The third kappa shape index (κ3) is 3.70. The first-order valence-electron chi connectivity index (χ1n) is 10.6. The lowest BCUT2D eigenvalue weighted by Gasteiger charge is -2.63. The van der Waals surface area contributed by atoms with Crippen LogP contribution < -0.4 is 0 Å². The molecule has 1 heterocycles. The van der Waals surface area contributed by atoms with Gasteiger partial charge in [-0.1, -0.05) is 20.8 Å². The maximum absolute atomic E-state index is 11.9. The summed E-state index contributed by atoms with van der Waals surface area (Å²) in [5.41, 5.74) is -1.01. The number of esters is 2. The topological polar surface area (TPSA) is 74.3 Å². The Morgan fingerprint density at radius 3 is 2.31 bits per heavy atom. The van der Waals surface area contributed by atoms with Crippen LogP contribution in [-0.4, -0.2) is 61.8 Å². The van der Waals surface area contributed by atoms with Crippen molar-refractivity contribution in [3.63, 3.8) is 0 Å². The molecule has 7 atom stereocenters. The highest BCUT2D eigenvalue weighted by Gasteiger charge is 2.69. The summed E-state index contributed by atoms with van der Waals surface area (Å²) in [6, 6.07) is 0. The van der Waals surface area contributed by atoms with Crippen LogP contribution in [0.25, 0.3) is 0 Å². The van der Waals surface area contributed by atoms with Crippen LogP contribution in [0.15, 0.2) is 0 Å². The number of fused-ring (bicyclic) bond motifs is 2. The van der Waals surface area contributed by atoms with Crippen molar-refractivity contribution >= 4 is 11.9 Å². The molecule has 2 saturated carbocycles. The summed E-state index contributed by atoms with van der Waals surface area (Å²) in [4.78, 5) is 25.6. The average Bonchev–Trinajstić information content (AvgIpc) is 2.92. The Morgan fingerprint density at radius 2 is 1.76 bits per heavy atom. The Hall–Kier alpha value is -1.18. The maximum Gasteiger partial charge on any atom is 0.302 e. The summed E-state index contributed by atoms with van der Waals surface area (Å²) in [6.07, 6.45) is 1.74. The van der Waals surface area contributed by atoms with Crippen molar-refractivity contribution in [3.8, 4) is 0 Å². The fraction of sp³-hybridized carbons (Fsp3) is 0.909. The molecule has 0 aromatic carbocycles. The van der Waals surface area contributed by atoms with Gasteiger partial charge in [0.1, 0.15) is 11.7 Å². The molecule has 0 radical (unpaired) electrons. The van der Waals surface area contributed by atoms with Gasteiger partial charge >= 0.3 is 11.9 Å². The predicted molar refractivity (Wildman–Crippen MR) is 107 cm³/mol. The summed E-state index contributed by atoms with van der Waals surface area (Å²) >= 11 is 0. The number of carbonyl (C=O) groups is 2. The highest BCUT2D eigenvalue weighted by atomic mass is 16.8. The smallest absolute Gasteiger partial charge is 0.302 e. The molecule has 1 saturated heterocycles. The summed E-state index contributed by atoms with van der Waals surface area (Å²) in [6.45, 7) is 11.9. The number of rotatable bonds is 4. The van der Waals surface area contributed by atoms with Gasteiger partial charge in [0.05, 0.1) is 12.7 Å². The maximum atomic E-state index is 11.9. The molecular weight excluding hydrogens is 374 g/mol. The number of hydrogen-bond acceptors (Lipinski definition) is 7. The second kappa shape index (κ2) is 7.50. The van der Waals surface area contributed by atoms with E-state index in [4.69, 9.17) is 18.9 Å². The molecule has 0 aromatic heterocycles. The molecule has 166 valence electrons. The van der Waals surface area contributed by atoms with Crippen LogP contribution in [0.4, 0.5) is 0 Å². The first-order chi connectivity index (χ1) is 13.3. The number of hydrogen-bond donors (Lipinski definition) is 0. The molecule has 7 nitrogen and oxygen atoms in total. The Morgan fingerprint density at radius 1 is 1.10 bits per heavy atom. The van der Waals surface area contributed by atoms with Crippen molar-refractivity contribution in [2.45, 2.75) is 85.0 Å². The van der Waals surface area contributed by atoms with Crippen molar-refractivity contribution in [3.05, 3.63) is 0 Å². The molecule has 0 aromatic rings. The third-order valence-electron chi connectivity index (χ3n) is 7.79. The zero-order valence-electron chi connectivity index (χ0n) is 19.1. The normalized spacial score (nSPS) is 43.4. The SMILES string of the molecule is CC(=O)OC[C@H]1[C@]2(C)OC(N(C)C)O[C@@H]2C[C@H]2C(C)(C)CC[C@H](OC(C)=O)[C@@]21C. The quantitative estimate of drug-likeness (QED) is 0.659. The molecule has 2 aliphatic carbocycles. The molecule has 1 unspecified atom stereocenters. The molecule has 1 aliphatic heterocycles. The number of nitrogens with zero attached hydrogens (tertiary/aromatic N) is 1. The average molecular weight is 412 g/mol. The molecule has 3 fully saturated rings. The summed E-state index contributed by atoms with van der Waals surface area (Å²) in [5, 5.41) is 0. The molecule has 7 heteroatoms. The van der Waals surface area contributed by atoms with E-state index in [1.165, 1.54) is 13.8 Å². The monoisotopic (exact) mass is 411 g/mol. The minimum Gasteiger partial charge on any atom is -0.465 e. The van der Waals surface area contributed by atoms with E-state index in [1.54, 1.807) is 0 Å². The van der Waals surface area contributed by atoms with Gasteiger partial charge in [-0.05, 0) is 51.6 Å². The molecular formula is C22H37NO6. The van der Waals surface area contributed by atoms with Crippen LogP contribution in [-0.2, 0) is 28.5 Å². The van der Waals surface area contributed by atoms with E-state index in [1.807, 2.05) is 19.0 Å². The first kappa shape index (κ1) is 22.5. The van der Waals surface area contributed by atoms with Crippen LogP contribution in [0.1, 0.15) is 60.8 Å². The van der Waals surface area contributed by atoms with E-state index in [-0.39, 0.29) is 48.0 Å². The van der Waals surface area contributed by atoms with Crippen LogP contribution in [0.5, 0.6) is 0 Å². The Bertz CT molecular complexity index is 664. The van der Waals surface area contributed by atoms with E-state index in [0.717, 1.165) is 19.3 Å². The van der Waals surface area contributed by atoms with Crippen molar-refractivity contribution in [2.24, 2.45) is 22.7 Å². The largest absolute Gasteiger partial charge is 0.465 e. The standard InChI is InChI=1S/C22H37NO6/c1-13(24)26-12-16-21(5)15(20(3,4)10-9-17(21)27-14(2)25)11-18-22(16,6)29-19(28-18)23(7)8/h15-19H,9-12H2,1-8H3/t15-,16+,17-,18+,19?,21-,22-/m0/s1. The Balaban J connectivity index is 2.08. The van der Waals surface area contributed by atoms with E-state index in [0.29, 0.717) is 0 Å². The first-order valence-corrected chi connectivity index (χ1v) is 10.6. The minimum atomic E-state index is -0.651. The minimum absolute atomic E-state index is 0.0424. The van der Waals surface area contributed by atoms with E-state index in [9.17, 15) is 9.59 Å². The van der Waals surface area contributed by atoms with Gasteiger partial charge in [0.2, 0.25) is 6.41 Å². The molecule has 0 bridgehead atoms. The fourth-order valence-electron chi connectivity index (χ4n) is 6.28. The van der Waals surface area contributed by atoms with Crippen LogP contribution in [0, 0.1) is 22.7 Å². The Labute approximate surface area is 174 Å². The molecule has 0 spiro atoms. The van der Waals surface area contributed by atoms with Crippen LogP contribution in [0.2, 0.25) is 0 Å². The molecule has 3 rings (SSSR count). The second-order valence-corrected chi connectivity index (χ2v) is 10.3. The lowest BCUT2D eigenvalue weighted by molar-refractivity contribution is -0.243. The van der Waals surface area contributed by atoms with Crippen molar-refractivity contribution in [1.82, 2.24) is 4.90 Å². The van der Waals surface area contributed by atoms with Gasteiger partial charge in [-0.3, -0.25) is 14.5 Å². The van der Waals surface area contributed by atoms with Crippen molar-refractivity contribution < 1.29 is 28.5 Å². The lowest BCUT2D eigenvalue weighted by Crippen LogP contribution is -2.68. The molecule has 29 heavy (non-hydrogen) atoms. The highest BCUT2D eigenvalue weighted by Crippen LogP contribution is 2.65. The van der Waals surface area contributed by atoms with Gasteiger partial charge in [-0.2, -0.15) is 0 Å². The molecule has 0 N–H and O–H groups in total. The number of ether oxygens (including phenoxy) is 4. The van der Waals surface area contributed by atoms with Crippen molar-refractivity contribution in [2.75, 3.05) is 20.7 Å². The lowest BCUT2D eigenvalue weighted by atomic mass is 9.44.